The molecule has 1 aromatic carbocycles. The number of hydrogen-bond donors (Lipinski definition) is 1. The Balaban J connectivity index is 2.17. The van der Waals surface area contributed by atoms with Crippen LogP contribution >= 0.6 is 15.9 Å². The van der Waals surface area contributed by atoms with Crippen LogP contribution in [0.25, 0.3) is 0 Å². The lowest BCUT2D eigenvalue weighted by Crippen LogP contribution is -2.42. The molecule has 19 heavy (non-hydrogen) atoms. The van der Waals surface area contributed by atoms with E-state index in [9.17, 15) is 4.79 Å². The molecule has 0 amide bonds. The molecule has 0 aliphatic carbocycles. The highest BCUT2D eigenvalue weighted by atomic mass is 79.9. The van der Waals surface area contributed by atoms with E-state index in [2.05, 4.69) is 20.9 Å². The first-order chi connectivity index (χ1) is 9.00. The quantitative estimate of drug-likeness (QED) is 0.943. The second-order valence-electron chi connectivity index (χ2n) is 4.64. The van der Waals surface area contributed by atoms with Crippen LogP contribution in [-0.4, -0.2) is 10.8 Å². The Morgan fingerprint density at radius 1 is 1.26 bits per heavy atom. The van der Waals surface area contributed by atoms with Crippen LogP contribution in [0.5, 0.6) is 0 Å². The fourth-order valence-electron chi connectivity index (χ4n) is 1.80. The maximum atomic E-state index is 12.3. The van der Waals surface area contributed by atoms with E-state index in [1.807, 2.05) is 42.5 Å². The van der Waals surface area contributed by atoms with Crippen molar-refractivity contribution >= 4 is 21.7 Å². The summed E-state index contributed by atoms with van der Waals surface area (Å²) in [6, 6.07) is 13.1. The third-order valence-electron chi connectivity index (χ3n) is 3.08. The average molecular weight is 319 g/mol. The largest absolute Gasteiger partial charge is 0.315 e. The molecule has 2 N–H and O–H groups in total. The minimum absolute atomic E-state index is 0.0477. The lowest BCUT2D eigenvalue weighted by molar-refractivity contribution is -0.123. The van der Waals surface area contributed by atoms with Crippen LogP contribution in [0.3, 0.4) is 0 Å². The number of hydrogen-bond acceptors (Lipinski definition) is 3. The lowest BCUT2D eigenvalue weighted by atomic mass is 9.86. The van der Waals surface area contributed by atoms with Gasteiger partial charge in [-0.25, -0.2) is 0 Å². The summed E-state index contributed by atoms with van der Waals surface area (Å²) in [4.78, 5) is 16.5. The monoisotopic (exact) mass is 318 g/mol. The molecule has 2 aromatic rings. The normalized spacial score (nSPS) is 13.8. The Morgan fingerprint density at radius 3 is 2.53 bits per heavy atom. The molecule has 0 fully saturated rings. The molecule has 98 valence electrons. The van der Waals surface area contributed by atoms with Crippen molar-refractivity contribution in [2.45, 2.75) is 18.9 Å². The van der Waals surface area contributed by atoms with E-state index in [-0.39, 0.29) is 12.2 Å². The Morgan fingerprint density at radius 2 is 1.95 bits per heavy atom. The molecular formula is C15H15BrN2O. The Hall–Kier alpha value is -1.52. The summed E-state index contributed by atoms with van der Waals surface area (Å²) in [5, 5.41) is 0. The van der Waals surface area contributed by atoms with E-state index in [1.165, 1.54) is 0 Å². The van der Waals surface area contributed by atoms with Crippen LogP contribution in [0.4, 0.5) is 0 Å². The Labute approximate surface area is 121 Å². The summed E-state index contributed by atoms with van der Waals surface area (Å²) in [6.07, 6.45) is 1.91. The molecule has 0 spiro atoms. The van der Waals surface area contributed by atoms with E-state index in [1.54, 1.807) is 13.1 Å². The zero-order chi connectivity index (χ0) is 13.9. The van der Waals surface area contributed by atoms with Crippen molar-refractivity contribution < 1.29 is 4.79 Å². The third kappa shape index (κ3) is 3.28. The van der Waals surface area contributed by atoms with Crippen molar-refractivity contribution in [3.63, 3.8) is 0 Å². The summed E-state index contributed by atoms with van der Waals surface area (Å²) < 4.78 is 0.891. The third-order valence-corrected chi connectivity index (χ3v) is 3.55. The van der Waals surface area contributed by atoms with Gasteiger partial charge in [0.1, 0.15) is 0 Å². The van der Waals surface area contributed by atoms with Crippen molar-refractivity contribution in [3.8, 4) is 0 Å². The molecule has 1 heterocycles. The summed E-state index contributed by atoms with van der Waals surface area (Å²) in [7, 11) is 0. The van der Waals surface area contributed by atoms with Gasteiger partial charge in [0.15, 0.2) is 5.78 Å². The molecule has 0 aliphatic heterocycles. The number of nitrogens with two attached hydrogens (primary N) is 1. The maximum Gasteiger partial charge on any atom is 0.162 e. The molecular weight excluding hydrogens is 304 g/mol. The summed E-state index contributed by atoms with van der Waals surface area (Å²) in [6.45, 7) is 1.74. The molecule has 1 aromatic heterocycles. The van der Waals surface area contributed by atoms with Gasteiger partial charge in [-0.2, -0.15) is 0 Å². The molecule has 0 aliphatic rings. The van der Waals surface area contributed by atoms with Crippen LogP contribution < -0.4 is 5.73 Å². The Kier molecular flexibility index (Phi) is 4.12. The zero-order valence-corrected chi connectivity index (χ0v) is 12.2. The minimum atomic E-state index is -0.990. The van der Waals surface area contributed by atoms with Crippen molar-refractivity contribution in [3.05, 3.63) is 64.4 Å². The first-order valence-electron chi connectivity index (χ1n) is 5.98. The molecule has 1 atom stereocenters. The van der Waals surface area contributed by atoms with Gasteiger partial charge in [0.25, 0.3) is 0 Å². The van der Waals surface area contributed by atoms with Crippen molar-refractivity contribution in [2.24, 2.45) is 5.73 Å². The SMILES string of the molecule is CC(N)(C(=O)Cc1ccc(Br)cn1)c1ccccc1. The molecule has 0 radical (unpaired) electrons. The number of benzene rings is 1. The van der Waals surface area contributed by atoms with Crippen molar-refractivity contribution in [1.82, 2.24) is 4.98 Å². The summed E-state index contributed by atoms with van der Waals surface area (Å²) >= 11 is 3.32. The molecule has 0 saturated carbocycles. The van der Waals surface area contributed by atoms with Gasteiger partial charge >= 0.3 is 0 Å². The summed E-state index contributed by atoms with van der Waals surface area (Å²) in [5.41, 5.74) is 6.72. The number of pyridine rings is 1. The standard InChI is InChI=1S/C15H15BrN2O/c1-15(17,11-5-3-2-4-6-11)14(19)9-13-8-7-12(16)10-18-13/h2-8,10H,9,17H2,1H3. The van der Waals surface area contributed by atoms with E-state index in [4.69, 9.17) is 5.73 Å². The fraction of sp³-hybridized carbons (Fsp3) is 0.200. The van der Waals surface area contributed by atoms with Crippen molar-refractivity contribution in [2.75, 3.05) is 0 Å². The zero-order valence-electron chi connectivity index (χ0n) is 10.6. The maximum absolute atomic E-state index is 12.3. The molecule has 0 bridgehead atoms. The number of halogens is 1. The van der Waals surface area contributed by atoms with Crippen LogP contribution in [0.2, 0.25) is 0 Å². The second kappa shape index (κ2) is 5.63. The van der Waals surface area contributed by atoms with Gasteiger partial charge < -0.3 is 5.73 Å². The number of Topliss-reactive ketones (excluding diaryl/α,β-unsaturated/α-hetero) is 1. The number of aromatic nitrogens is 1. The Bertz CT molecular complexity index is 564. The van der Waals surface area contributed by atoms with Gasteiger partial charge in [-0.15, -0.1) is 0 Å². The van der Waals surface area contributed by atoms with Gasteiger partial charge in [-0.1, -0.05) is 30.3 Å². The first-order valence-corrected chi connectivity index (χ1v) is 6.77. The molecule has 1 unspecified atom stereocenters. The number of carbonyl (C=O) groups excluding carboxylic acids is 1. The van der Waals surface area contributed by atoms with Crippen LogP contribution in [0, 0.1) is 0 Å². The van der Waals surface area contributed by atoms with Gasteiger partial charge in [0.05, 0.1) is 12.0 Å². The number of ketones is 1. The van der Waals surface area contributed by atoms with Crippen LogP contribution in [-0.2, 0) is 16.8 Å². The highest BCUT2D eigenvalue weighted by Crippen LogP contribution is 2.20. The summed E-state index contributed by atoms with van der Waals surface area (Å²) in [5.74, 6) is -0.0477. The molecule has 4 heteroatoms. The van der Waals surface area contributed by atoms with Gasteiger partial charge in [0.2, 0.25) is 0 Å². The van der Waals surface area contributed by atoms with Gasteiger partial charge in [0, 0.05) is 16.4 Å². The molecule has 2 rings (SSSR count). The van der Waals surface area contributed by atoms with Gasteiger partial charge in [-0.05, 0) is 40.5 Å². The topological polar surface area (TPSA) is 56.0 Å². The van der Waals surface area contributed by atoms with E-state index >= 15 is 0 Å². The van der Waals surface area contributed by atoms with Gasteiger partial charge in [-0.3, -0.25) is 9.78 Å². The first kappa shape index (κ1) is 13.9. The van der Waals surface area contributed by atoms with E-state index in [0.717, 1.165) is 15.7 Å². The lowest BCUT2D eigenvalue weighted by Gasteiger charge is -2.23. The van der Waals surface area contributed by atoms with Crippen LogP contribution in [0.1, 0.15) is 18.2 Å². The average Bonchev–Trinajstić information content (AvgIpc) is 2.42. The number of nitrogens with zero attached hydrogens (tertiary/aromatic N) is 1. The highest BCUT2D eigenvalue weighted by molar-refractivity contribution is 9.10. The fourth-order valence-corrected chi connectivity index (χ4v) is 2.04. The molecule has 3 nitrogen and oxygen atoms in total. The predicted molar refractivity (Wildman–Crippen MR) is 78.6 cm³/mol. The minimum Gasteiger partial charge on any atom is -0.315 e. The van der Waals surface area contributed by atoms with Crippen molar-refractivity contribution in [1.29, 1.82) is 0 Å². The number of rotatable bonds is 4. The smallest absolute Gasteiger partial charge is 0.162 e. The predicted octanol–water partition coefficient (Wildman–Crippen LogP) is 2.83. The second-order valence-corrected chi connectivity index (χ2v) is 5.55. The number of carbonyl (C=O) groups is 1. The van der Waals surface area contributed by atoms with Crippen LogP contribution in [0.15, 0.2) is 53.1 Å². The van der Waals surface area contributed by atoms with E-state index in [0.29, 0.717) is 0 Å². The highest BCUT2D eigenvalue weighted by Gasteiger charge is 2.30. The van der Waals surface area contributed by atoms with E-state index < -0.39 is 5.54 Å². The molecule has 0 saturated heterocycles.